The van der Waals surface area contributed by atoms with Gasteiger partial charge in [-0.1, -0.05) is 78.9 Å². The summed E-state index contributed by atoms with van der Waals surface area (Å²) in [7, 11) is 1.67. The molecule has 3 nitrogen and oxygen atoms in total. The molecule has 3 heteroatoms. The molecule has 0 unspecified atom stereocenters. The van der Waals surface area contributed by atoms with Crippen molar-refractivity contribution in [1.29, 1.82) is 0 Å². The van der Waals surface area contributed by atoms with Gasteiger partial charge in [-0.3, -0.25) is 4.79 Å². The van der Waals surface area contributed by atoms with Gasteiger partial charge in [-0.2, -0.15) is 0 Å². The minimum Gasteiger partial charge on any atom is -0.495 e. The predicted octanol–water partition coefficient (Wildman–Crippen LogP) is 5.39. The van der Waals surface area contributed by atoms with Gasteiger partial charge >= 0.3 is 0 Å². The van der Waals surface area contributed by atoms with Crippen molar-refractivity contribution < 1.29 is 9.53 Å². The molecule has 0 spiro atoms. The number of para-hydroxylation sites is 1. The second kappa shape index (κ2) is 6.78. The Morgan fingerprint density at radius 3 is 2.14 bits per heavy atom. The van der Waals surface area contributed by atoms with Crippen LogP contribution in [0.25, 0.3) is 10.9 Å². The fraction of sp³-hybridized carbons (Fsp3) is 0.115. The van der Waals surface area contributed by atoms with Gasteiger partial charge in [-0.25, -0.2) is 0 Å². The molecule has 29 heavy (non-hydrogen) atoms. The quantitative estimate of drug-likeness (QED) is 0.517. The molecule has 0 radical (unpaired) electrons. The first-order valence-electron chi connectivity index (χ1n) is 9.74. The van der Waals surface area contributed by atoms with Gasteiger partial charge in [-0.15, -0.1) is 0 Å². The number of hydrogen-bond donors (Lipinski definition) is 1. The van der Waals surface area contributed by atoms with Crippen LogP contribution in [-0.2, 0) is 10.2 Å². The Balaban J connectivity index is 1.80. The summed E-state index contributed by atoms with van der Waals surface area (Å²) in [6.45, 7) is 0. The number of carbonyl (C=O) groups is 1. The minimum atomic E-state index is -0.791. The Hall–Kier alpha value is -3.59. The van der Waals surface area contributed by atoms with E-state index in [2.05, 4.69) is 35.3 Å². The van der Waals surface area contributed by atoms with E-state index in [1.54, 1.807) is 13.2 Å². The van der Waals surface area contributed by atoms with Crippen LogP contribution in [0.2, 0.25) is 0 Å². The minimum absolute atomic E-state index is 0.108. The number of aromatic amines is 1. The molecule has 0 bridgehead atoms. The number of benzene rings is 3. The Bertz CT molecular complexity index is 1170. The van der Waals surface area contributed by atoms with Gasteiger partial charge in [0.25, 0.3) is 0 Å². The molecule has 0 saturated carbocycles. The van der Waals surface area contributed by atoms with Crippen LogP contribution in [0.5, 0.6) is 5.75 Å². The van der Waals surface area contributed by atoms with Crippen LogP contribution in [0, 0.1) is 0 Å². The second-order valence-corrected chi connectivity index (χ2v) is 7.37. The largest absolute Gasteiger partial charge is 0.495 e. The molecule has 5 rings (SSSR count). The second-order valence-electron chi connectivity index (χ2n) is 7.37. The molecule has 0 saturated heterocycles. The zero-order valence-electron chi connectivity index (χ0n) is 16.1. The number of nitrogens with one attached hydrogen (secondary N) is 1. The number of ether oxygens (including phenoxy) is 1. The summed E-state index contributed by atoms with van der Waals surface area (Å²) < 4.78 is 5.53. The van der Waals surface area contributed by atoms with Crippen molar-refractivity contribution in [1.82, 2.24) is 4.98 Å². The van der Waals surface area contributed by atoms with Crippen LogP contribution in [0.3, 0.4) is 0 Å². The number of allylic oxidation sites excluding steroid dienone is 2. The van der Waals surface area contributed by atoms with Gasteiger partial charge in [0, 0.05) is 17.5 Å². The van der Waals surface area contributed by atoms with Gasteiger partial charge in [0.05, 0.1) is 18.0 Å². The highest BCUT2D eigenvalue weighted by atomic mass is 16.5. The molecule has 1 heterocycles. The van der Waals surface area contributed by atoms with Crippen LogP contribution < -0.4 is 4.74 Å². The lowest BCUT2D eigenvalue weighted by Gasteiger charge is -2.35. The van der Waals surface area contributed by atoms with Crippen LogP contribution in [0.15, 0.2) is 97.2 Å². The van der Waals surface area contributed by atoms with E-state index in [9.17, 15) is 4.79 Å². The molecule has 1 N–H and O–H groups in total. The lowest BCUT2D eigenvalue weighted by Crippen LogP contribution is -2.38. The third-order valence-electron chi connectivity index (χ3n) is 6.02. The van der Waals surface area contributed by atoms with Gasteiger partial charge in [0.15, 0.2) is 5.78 Å². The van der Waals surface area contributed by atoms with E-state index in [1.807, 2.05) is 60.8 Å². The molecule has 1 aliphatic carbocycles. The highest BCUT2D eigenvalue weighted by Crippen LogP contribution is 2.51. The van der Waals surface area contributed by atoms with Gasteiger partial charge in [-0.05, 0) is 28.8 Å². The first-order valence-corrected chi connectivity index (χ1v) is 9.74. The molecular formula is C26H21NO2. The molecule has 142 valence electrons. The molecule has 4 aromatic rings. The number of rotatable bonds is 4. The van der Waals surface area contributed by atoms with Crippen LogP contribution in [0.4, 0.5) is 0 Å². The van der Waals surface area contributed by atoms with E-state index in [-0.39, 0.29) is 11.7 Å². The van der Waals surface area contributed by atoms with E-state index >= 15 is 0 Å². The summed E-state index contributed by atoms with van der Waals surface area (Å²) in [6.07, 6.45) is 5.80. The topological polar surface area (TPSA) is 42.1 Å². The summed E-state index contributed by atoms with van der Waals surface area (Å²) in [4.78, 5) is 16.9. The molecule has 3 aromatic carbocycles. The standard InChI is InChI=1S/C26H21NO2/c1-29-23-14-8-13-20-21(17-27-25(20)23)22-15-16-24(28)26(22,18-9-4-2-5-10-18)19-11-6-3-7-12-19/h2-17,22,27H,1H3/t22-/m1/s1. The molecular weight excluding hydrogens is 358 g/mol. The number of methoxy groups -OCH3 is 1. The number of carbonyl (C=O) groups excluding carboxylic acids is 1. The monoisotopic (exact) mass is 379 g/mol. The maximum Gasteiger partial charge on any atom is 0.171 e. The van der Waals surface area contributed by atoms with Crippen molar-refractivity contribution in [3.8, 4) is 5.75 Å². The third-order valence-corrected chi connectivity index (χ3v) is 6.02. The maximum atomic E-state index is 13.5. The van der Waals surface area contributed by atoms with E-state index in [1.165, 1.54) is 0 Å². The highest BCUT2D eigenvalue weighted by molar-refractivity contribution is 6.07. The summed E-state index contributed by atoms with van der Waals surface area (Å²) in [6, 6.07) is 26.2. The van der Waals surface area contributed by atoms with E-state index in [0.29, 0.717) is 0 Å². The molecule has 0 aliphatic heterocycles. The van der Waals surface area contributed by atoms with Crippen LogP contribution in [-0.4, -0.2) is 17.9 Å². The SMILES string of the molecule is COc1cccc2c([C@H]3C=CC(=O)C3(c3ccccc3)c3ccccc3)c[nH]c12. The van der Waals surface area contributed by atoms with Crippen molar-refractivity contribution >= 4 is 16.7 Å². The average molecular weight is 379 g/mol. The highest BCUT2D eigenvalue weighted by Gasteiger charge is 2.50. The molecule has 0 amide bonds. The van der Waals surface area contributed by atoms with E-state index in [4.69, 9.17) is 4.74 Å². The molecule has 0 fully saturated rings. The maximum absolute atomic E-state index is 13.5. The van der Waals surface area contributed by atoms with Crippen molar-refractivity contribution in [2.75, 3.05) is 7.11 Å². The lowest BCUT2D eigenvalue weighted by molar-refractivity contribution is -0.118. The Morgan fingerprint density at radius 1 is 0.862 bits per heavy atom. The molecule has 1 aliphatic rings. The van der Waals surface area contributed by atoms with E-state index in [0.717, 1.165) is 33.3 Å². The van der Waals surface area contributed by atoms with Crippen LogP contribution in [0.1, 0.15) is 22.6 Å². The molecule has 1 atom stereocenters. The summed E-state index contributed by atoms with van der Waals surface area (Å²) >= 11 is 0. The van der Waals surface area contributed by atoms with Gasteiger partial charge in [0.1, 0.15) is 5.75 Å². The number of aromatic nitrogens is 1. The number of hydrogen-bond acceptors (Lipinski definition) is 2. The van der Waals surface area contributed by atoms with E-state index < -0.39 is 5.41 Å². The van der Waals surface area contributed by atoms with Crippen LogP contribution >= 0.6 is 0 Å². The zero-order valence-corrected chi connectivity index (χ0v) is 16.1. The van der Waals surface area contributed by atoms with Crippen molar-refractivity contribution in [2.24, 2.45) is 0 Å². The predicted molar refractivity (Wildman–Crippen MR) is 115 cm³/mol. The Morgan fingerprint density at radius 2 is 1.52 bits per heavy atom. The number of fused-ring (bicyclic) bond motifs is 1. The summed E-state index contributed by atoms with van der Waals surface area (Å²) in [5.41, 5.74) is 3.26. The average Bonchev–Trinajstić information content (AvgIpc) is 3.36. The van der Waals surface area contributed by atoms with Gasteiger partial charge in [0.2, 0.25) is 0 Å². The Labute approximate surface area is 169 Å². The smallest absolute Gasteiger partial charge is 0.171 e. The van der Waals surface area contributed by atoms with Crippen molar-refractivity contribution in [3.05, 3.63) is 114 Å². The first-order chi connectivity index (χ1) is 14.3. The van der Waals surface area contributed by atoms with Crippen molar-refractivity contribution in [2.45, 2.75) is 11.3 Å². The van der Waals surface area contributed by atoms with Gasteiger partial charge < -0.3 is 9.72 Å². The number of ketones is 1. The van der Waals surface area contributed by atoms with Crippen molar-refractivity contribution in [3.63, 3.8) is 0 Å². The summed E-state index contributed by atoms with van der Waals surface area (Å²) in [5, 5.41) is 1.07. The number of H-pyrrole nitrogens is 1. The fourth-order valence-electron chi connectivity index (χ4n) is 4.74. The normalized spacial score (nSPS) is 17.7. The summed E-state index contributed by atoms with van der Waals surface area (Å²) in [5.74, 6) is 0.782. The molecule has 1 aromatic heterocycles. The lowest BCUT2D eigenvalue weighted by atomic mass is 9.64. The zero-order chi connectivity index (χ0) is 19.8. The fourth-order valence-corrected chi connectivity index (χ4v) is 4.74. The first kappa shape index (κ1) is 17.5. The third kappa shape index (κ3) is 2.47. The Kier molecular flexibility index (Phi) is 4.09.